The Bertz CT molecular complexity index is 502. The molecule has 0 fully saturated rings. The zero-order valence-corrected chi connectivity index (χ0v) is 8.80. The standard InChI is InChI=1S/C12H11NO3/c1-2-9-10(12(14)15)16-11(13-9)8-6-4-3-5-7-8/h3-7H,2H2,1H3,(H,14,15). The SMILES string of the molecule is CCc1nc(-c2ccccc2)oc1C(=O)O. The molecule has 1 aromatic heterocycles. The van der Waals surface area contributed by atoms with Gasteiger partial charge in [0, 0.05) is 5.56 Å². The quantitative estimate of drug-likeness (QED) is 0.858. The smallest absolute Gasteiger partial charge is 0.373 e. The molecule has 1 aromatic carbocycles. The van der Waals surface area contributed by atoms with E-state index in [1.165, 1.54) is 0 Å². The Morgan fingerprint density at radius 3 is 2.56 bits per heavy atom. The van der Waals surface area contributed by atoms with Crippen molar-refractivity contribution in [2.24, 2.45) is 0 Å². The van der Waals surface area contributed by atoms with Crippen molar-refractivity contribution in [2.75, 3.05) is 0 Å². The second-order valence-corrected chi connectivity index (χ2v) is 3.32. The molecule has 16 heavy (non-hydrogen) atoms. The van der Waals surface area contributed by atoms with E-state index in [2.05, 4.69) is 4.98 Å². The minimum absolute atomic E-state index is 0.0682. The maximum Gasteiger partial charge on any atom is 0.373 e. The molecule has 0 aliphatic heterocycles. The van der Waals surface area contributed by atoms with Crippen LogP contribution in [0.25, 0.3) is 11.5 Å². The van der Waals surface area contributed by atoms with E-state index >= 15 is 0 Å². The van der Waals surface area contributed by atoms with E-state index in [1.807, 2.05) is 37.3 Å². The van der Waals surface area contributed by atoms with Gasteiger partial charge in [0.05, 0.1) is 5.69 Å². The van der Waals surface area contributed by atoms with Crippen molar-refractivity contribution in [2.45, 2.75) is 13.3 Å². The van der Waals surface area contributed by atoms with Gasteiger partial charge in [-0.1, -0.05) is 25.1 Å². The molecule has 0 bridgehead atoms. The van der Waals surface area contributed by atoms with Crippen molar-refractivity contribution in [1.29, 1.82) is 0 Å². The van der Waals surface area contributed by atoms with Gasteiger partial charge in [0.1, 0.15) is 0 Å². The van der Waals surface area contributed by atoms with Crippen molar-refractivity contribution < 1.29 is 14.3 Å². The van der Waals surface area contributed by atoms with Gasteiger partial charge in [0.2, 0.25) is 11.7 Å². The predicted octanol–water partition coefficient (Wildman–Crippen LogP) is 2.60. The fraction of sp³-hybridized carbons (Fsp3) is 0.167. The molecular formula is C12H11NO3. The van der Waals surface area contributed by atoms with Crippen LogP contribution in [0.3, 0.4) is 0 Å². The summed E-state index contributed by atoms with van der Waals surface area (Å²) in [5, 5.41) is 8.92. The number of carboxylic acids is 1. The molecule has 0 unspecified atom stereocenters. The number of aromatic carboxylic acids is 1. The van der Waals surface area contributed by atoms with E-state index in [9.17, 15) is 4.79 Å². The number of aromatic nitrogens is 1. The highest BCUT2D eigenvalue weighted by atomic mass is 16.4. The van der Waals surface area contributed by atoms with Gasteiger partial charge >= 0.3 is 5.97 Å². The number of hydrogen-bond acceptors (Lipinski definition) is 3. The molecule has 0 saturated heterocycles. The fourth-order valence-electron chi connectivity index (χ4n) is 1.46. The summed E-state index contributed by atoms with van der Waals surface area (Å²) in [7, 11) is 0. The van der Waals surface area contributed by atoms with Crippen molar-refractivity contribution in [3.63, 3.8) is 0 Å². The zero-order chi connectivity index (χ0) is 11.5. The Balaban J connectivity index is 2.48. The van der Waals surface area contributed by atoms with Crippen LogP contribution in [-0.4, -0.2) is 16.1 Å². The maximum atomic E-state index is 10.9. The molecule has 2 rings (SSSR count). The largest absolute Gasteiger partial charge is 0.475 e. The first-order valence-electron chi connectivity index (χ1n) is 5.00. The third kappa shape index (κ3) is 1.82. The third-order valence-electron chi connectivity index (χ3n) is 2.25. The number of rotatable bonds is 3. The van der Waals surface area contributed by atoms with Gasteiger partial charge in [-0.3, -0.25) is 0 Å². The monoisotopic (exact) mass is 217 g/mol. The molecule has 2 aromatic rings. The van der Waals surface area contributed by atoms with E-state index in [1.54, 1.807) is 0 Å². The molecule has 82 valence electrons. The van der Waals surface area contributed by atoms with Crippen LogP contribution in [0.15, 0.2) is 34.7 Å². The number of oxazole rings is 1. The average Bonchev–Trinajstić information content (AvgIpc) is 2.74. The molecule has 1 heterocycles. The summed E-state index contributed by atoms with van der Waals surface area (Å²) in [6.07, 6.45) is 0.540. The van der Waals surface area contributed by atoms with Crippen molar-refractivity contribution in [1.82, 2.24) is 4.98 Å². The van der Waals surface area contributed by atoms with Crippen LogP contribution in [0.2, 0.25) is 0 Å². The van der Waals surface area contributed by atoms with Gasteiger partial charge in [0.25, 0.3) is 0 Å². The highest BCUT2D eigenvalue weighted by molar-refractivity contribution is 5.86. The van der Waals surface area contributed by atoms with Crippen molar-refractivity contribution >= 4 is 5.97 Å². The summed E-state index contributed by atoms with van der Waals surface area (Å²) >= 11 is 0. The van der Waals surface area contributed by atoms with Crippen LogP contribution in [0.4, 0.5) is 0 Å². The normalized spacial score (nSPS) is 10.3. The molecule has 4 nitrogen and oxygen atoms in total. The lowest BCUT2D eigenvalue weighted by atomic mass is 10.2. The van der Waals surface area contributed by atoms with E-state index in [0.29, 0.717) is 18.0 Å². The van der Waals surface area contributed by atoms with Gasteiger partial charge in [0.15, 0.2) is 0 Å². The van der Waals surface area contributed by atoms with E-state index in [0.717, 1.165) is 5.56 Å². The number of aryl methyl sites for hydroxylation is 1. The minimum atomic E-state index is -1.08. The van der Waals surface area contributed by atoms with Gasteiger partial charge < -0.3 is 9.52 Å². The second kappa shape index (κ2) is 4.18. The summed E-state index contributed by atoms with van der Waals surface area (Å²) in [6, 6.07) is 9.25. The first-order chi connectivity index (χ1) is 7.72. The first kappa shape index (κ1) is 10.4. The Kier molecular flexibility index (Phi) is 2.72. The van der Waals surface area contributed by atoms with Crippen LogP contribution in [0.5, 0.6) is 0 Å². The molecule has 0 atom stereocenters. The summed E-state index contributed by atoms with van der Waals surface area (Å²) in [4.78, 5) is 15.1. The van der Waals surface area contributed by atoms with Crippen LogP contribution in [0.1, 0.15) is 23.2 Å². The molecule has 0 aliphatic carbocycles. The van der Waals surface area contributed by atoms with Crippen LogP contribution in [-0.2, 0) is 6.42 Å². The lowest BCUT2D eigenvalue weighted by molar-refractivity contribution is 0.0662. The Hall–Kier alpha value is -2.10. The fourth-order valence-corrected chi connectivity index (χ4v) is 1.46. The topological polar surface area (TPSA) is 63.3 Å². The zero-order valence-electron chi connectivity index (χ0n) is 8.80. The van der Waals surface area contributed by atoms with Crippen LogP contribution < -0.4 is 0 Å². The Labute approximate surface area is 92.6 Å². The van der Waals surface area contributed by atoms with Crippen LogP contribution >= 0.6 is 0 Å². The molecule has 4 heteroatoms. The van der Waals surface area contributed by atoms with Crippen molar-refractivity contribution in [3.05, 3.63) is 41.8 Å². The highest BCUT2D eigenvalue weighted by Gasteiger charge is 2.18. The van der Waals surface area contributed by atoms with E-state index in [-0.39, 0.29) is 5.76 Å². The molecule has 0 aliphatic rings. The average molecular weight is 217 g/mol. The maximum absolute atomic E-state index is 10.9. The lowest BCUT2D eigenvalue weighted by Crippen LogP contribution is -1.98. The molecule has 0 saturated carbocycles. The molecule has 0 spiro atoms. The molecular weight excluding hydrogens is 206 g/mol. The van der Waals surface area contributed by atoms with Gasteiger partial charge in [-0.05, 0) is 18.6 Å². The summed E-state index contributed by atoms with van der Waals surface area (Å²) in [5.74, 6) is -0.789. The number of nitrogens with zero attached hydrogens (tertiary/aromatic N) is 1. The Morgan fingerprint density at radius 1 is 1.38 bits per heavy atom. The summed E-state index contributed by atoms with van der Waals surface area (Å²) in [6.45, 7) is 1.85. The highest BCUT2D eigenvalue weighted by Crippen LogP contribution is 2.22. The summed E-state index contributed by atoms with van der Waals surface area (Å²) in [5.41, 5.74) is 1.26. The number of carboxylic acid groups (broad SMARTS) is 1. The van der Waals surface area contributed by atoms with Gasteiger partial charge in [-0.2, -0.15) is 0 Å². The number of benzene rings is 1. The third-order valence-corrected chi connectivity index (χ3v) is 2.25. The summed E-state index contributed by atoms with van der Waals surface area (Å²) < 4.78 is 5.24. The van der Waals surface area contributed by atoms with Gasteiger partial charge in [-0.15, -0.1) is 0 Å². The molecule has 0 amide bonds. The Morgan fingerprint density at radius 2 is 2.06 bits per heavy atom. The lowest BCUT2D eigenvalue weighted by Gasteiger charge is -1.92. The van der Waals surface area contributed by atoms with E-state index < -0.39 is 5.97 Å². The molecule has 1 N–H and O–H groups in total. The van der Waals surface area contributed by atoms with E-state index in [4.69, 9.17) is 9.52 Å². The number of carbonyl (C=O) groups is 1. The minimum Gasteiger partial charge on any atom is -0.475 e. The van der Waals surface area contributed by atoms with Crippen LogP contribution in [0, 0.1) is 0 Å². The first-order valence-corrected chi connectivity index (χ1v) is 5.00. The van der Waals surface area contributed by atoms with Gasteiger partial charge in [-0.25, -0.2) is 9.78 Å². The second-order valence-electron chi connectivity index (χ2n) is 3.32. The molecule has 0 radical (unpaired) electrons. The predicted molar refractivity (Wildman–Crippen MR) is 58.3 cm³/mol. The van der Waals surface area contributed by atoms with Crippen molar-refractivity contribution in [3.8, 4) is 11.5 Å². The number of hydrogen-bond donors (Lipinski definition) is 1.